The molecule has 1 aromatic heterocycles. The summed E-state index contributed by atoms with van der Waals surface area (Å²) >= 11 is 0. The van der Waals surface area contributed by atoms with Gasteiger partial charge in [0.2, 0.25) is 0 Å². The lowest BCUT2D eigenvalue weighted by atomic mass is 9.90. The Hall–Kier alpha value is -0.870. The molecule has 0 aliphatic rings. The zero-order chi connectivity index (χ0) is 14.5. The fourth-order valence-electron chi connectivity index (χ4n) is 2.82. The summed E-state index contributed by atoms with van der Waals surface area (Å²) in [4.78, 5) is 2.50. The lowest BCUT2D eigenvalue weighted by Gasteiger charge is -2.42. The maximum Gasteiger partial charge on any atom is 0.0625 e. The lowest BCUT2D eigenvalue weighted by molar-refractivity contribution is 0.0802. The van der Waals surface area contributed by atoms with Gasteiger partial charge in [-0.2, -0.15) is 5.10 Å². The molecule has 0 radical (unpaired) electrons. The minimum Gasteiger partial charge on any atom is -0.329 e. The van der Waals surface area contributed by atoms with Crippen LogP contribution >= 0.6 is 0 Å². The van der Waals surface area contributed by atoms with Gasteiger partial charge in [0.25, 0.3) is 0 Å². The van der Waals surface area contributed by atoms with Crippen LogP contribution in [0.5, 0.6) is 0 Å². The van der Waals surface area contributed by atoms with Gasteiger partial charge in [0.15, 0.2) is 0 Å². The monoisotopic (exact) mass is 266 g/mol. The van der Waals surface area contributed by atoms with E-state index in [1.165, 1.54) is 11.4 Å². The Morgan fingerprint density at radius 2 is 1.89 bits per heavy atom. The van der Waals surface area contributed by atoms with Gasteiger partial charge in [0, 0.05) is 25.7 Å². The van der Waals surface area contributed by atoms with Crippen molar-refractivity contribution in [3.8, 4) is 0 Å². The summed E-state index contributed by atoms with van der Waals surface area (Å²) in [6.45, 7) is 11.5. The van der Waals surface area contributed by atoms with Crippen molar-refractivity contribution in [3.63, 3.8) is 0 Å². The van der Waals surface area contributed by atoms with Crippen LogP contribution in [0.1, 0.15) is 51.9 Å². The molecule has 0 aromatic carbocycles. The zero-order valence-corrected chi connectivity index (χ0v) is 13.2. The molecule has 0 aliphatic heterocycles. The predicted molar refractivity (Wildman–Crippen MR) is 81.0 cm³/mol. The normalized spacial score (nSPS) is 12.4. The second kappa shape index (κ2) is 7.06. The first-order valence-electron chi connectivity index (χ1n) is 7.53. The maximum atomic E-state index is 6.06. The topological polar surface area (TPSA) is 47.1 Å². The van der Waals surface area contributed by atoms with Crippen molar-refractivity contribution in [3.05, 3.63) is 17.5 Å². The van der Waals surface area contributed by atoms with E-state index in [1.807, 2.05) is 11.7 Å². The van der Waals surface area contributed by atoms with Crippen molar-refractivity contribution in [1.29, 1.82) is 0 Å². The van der Waals surface area contributed by atoms with Gasteiger partial charge in [0.1, 0.15) is 0 Å². The molecule has 0 saturated heterocycles. The predicted octanol–water partition coefficient (Wildman–Crippen LogP) is 2.32. The van der Waals surface area contributed by atoms with E-state index in [2.05, 4.69) is 43.8 Å². The van der Waals surface area contributed by atoms with Gasteiger partial charge >= 0.3 is 0 Å². The highest BCUT2D eigenvalue weighted by molar-refractivity contribution is 5.11. The van der Waals surface area contributed by atoms with E-state index >= 15 is 0 Å². The van der Waals surface area contributed by atoms with Crippen molar-refractivity contribution in [2.75, 3.05) is 13.1 Å². The number of hydrogen-bond acceptors (Lipinski definition) is 3. The molecule has 1 rings (SSSR count). The van der Waals surface area contributed by atoms with Gasteiger partial charge in [-0.1, -0.05) is 27.7 Å². The number of rotatable bonds is 8. The van der Waals surface area contributed by atoms with Crippen LogP contribution in [-0.2, 0) is 20.0 Å². The van der Waals surface area contributed by atoms with Crippen molar-refractivity contribution < 1.29 is 0 Å². The molecule has 1 aromatic rings. The summed E-state index contributed by atoms with van der Waals surface area (Å²) in [5.41, 5.74) is 8.62. The molecule has 2 N–H and O–H groups in total. The Kier molecular flexibility index (Phi) is 6.01. The van der Waals surface area contributed by atoms with E-state index in [0.29, 0.717) is 6.54 Å². The number of aromatic nitrogens is 2. The van der Waals surface area contributed by atoms with Crippen LogP contribution in [0.3, 0.4) is 0 Å². The Morgan fingerprint density at radius 3 is 2.26 bits per heavy atom. The summed E-state index contributed by atoms with van der Waals surface area (Å²) in [6, 6.07) is 2.22. The van der Waals surface area contributed by atoms with Crippen LogP contribution in [0.2, 0.25) is 0 Å². The highest BCUT2D eigenvalue weighted by Crippen LogP contribution is 2.25. The van der Waals surface area contributed by atoms with E-state index in [9.17, 15) is 0 Å². The standard InChI is InChI=1S/C15H30N4/c1-6-13-10-14(18(5)17-13)11-19(9-4)15(7-2,8-3)12-16/h10H,6-9,11-12,16H2,1-5H3. The Bertz CT molecular complexity index is 371. The average molecular weight is 266 g/mol. The fourth-order valence-corrected chi connectivity index (χ4v) is 2.82. The van der Waals surface area contributed by atoms with Gasteiger partial charge in [0.05, 0.1) is 11.4 Å². The van der Waals surface area contributed by atoms with Crippen molar-refractivity contribution in [1.82, 2.24) is 14.7 Å². The molecule has 1 heterocycles. The summed E-state index contributed by atoms with van der Waals surface area (Å²) in [5, 5.41) is 4.53. The number of nitrogens with zero attached hydrogens (tertiary/aromatic N) is 3. The largest absolute Gasteiger partial charge is 0.329 e. The van der Waals surface area contributed by atoms with Crippen LogP contribution in [0.4, 0.5) is 0 Å². The van der Waals surface area contributed by atoms with Gasteiger partial charge in [-0.15, -0.1) is 0 Å². The maximum absolute atomic E-state index is 6.06. The molecule has 0 bridgehead atoms. The molecule has 4 nitrogen and oxygen atoms in total. The number of hydrogen-bond donors (Lipinski definition) is 1. The van der Waals surface area contributed by atoms with Crippen LogP contribution in [0.25, 0.3) is 0 Å². The van der Waals surface area contributed by atoms with Crippen LogP contribution < -0.4 is 5.73 Å². The third-order valence-electron chi connectivity index (χ3n) is 4.49. The minimum absolute atomic E-state index is 0.116. The van der Waals surface area contributed by atoms with Gasteiger partial charge in [-0.3, -0.25) is 9.58 Å². The SMILES string of the molecule is CCc1cc(CN(CC)C(CC)(CC)CN)n(C)n1. The molecule has 19 heavy (non-hydrogen) atoms. The summed E-state index contributed by atoms with van der Waals surface area (Å²) in [7, 11) is 2.03. The molecular formula is C15H30N4. The zero-order valence-electron chi connectivity index (χ0n) is 13.2. The third-order valence-corrected chi connectivity index (χ3v) is 4.49. The van der Waals surface area contributed by atoms with Gasteiger partial charge in [-0.05, 0) is 31.9 Å². The first-order chi connectivity index (χ1) is 9.06. The van der Waals surface area contributed by atoms with Crippen molar-refractivity contribution in [2.45, 2.75) is 59.0 Å². The van der Waals surface area contributed by atoms with Crippen LogP contribution in [0, 0.1) is 0 Å². The second-order valence-corrected chi connectivity index (χ2v) is 5.25. The van der Waals surface area contributed by atoms with E-state index in [1.54, 1.807) is 0 Å². The molecule has 0 spiro atoms. The highest BCUT2D eigenvalue weighted by Gasteiger charge is 2.31. The highest BCUT2D eigenvalue weighted by atomic mass is 15.3. The van der Waals surface area contributed by atoms with E-state index in [-0.39, 0.29) is 5.54 Å². The van der Waals surface area contributed by atoms with E-state index in [4.69, 9.17) is 5.73 Å². The number of nitrogens with two attached hydrogens (primary N) is 1. The first-order valence-corrected chi connectivity index (χ1v) is 7.53. The Morgan fingerprint density at radius 1 is 1.26 bits per heavy atom. The molecule has 4 heteroatoms. The first kappa shape index (κ1) is 16.2. The molecule has 0 atom stereocenters. The van der Waals surface area contributed by atoms with Crippen molar-refractivity contribution >= 4 is 0 Å². The molecular weight excluding hydrogens is 236 g/mol. The molecule has 0 amide bonds. The number of aryl methyl sites for hydroxylation is 2. The van der Waals surface area contributed by atoms with E-state index in [0.717, 1.165) is 32.4 Å². The molecule has 0 saturated carbocycles. The Labute approximate surface area is 118 Å². The summed E-state index contributed by atoms with van der Waals surface area (Å²) in [5.74, 6) is 0. The van der Waals surface area contributed by atoms with E-state index < -0.39 is 0 Å². The fraction of sp³-hybridized carbons (Fsp3) is 0.800. The van der Waals surface area contributed by atoms with Crippen LogP contribution in [-0.4, -0.2) is 33.3 Å². The second-order valence-electron chi connectivity index (χ2n) is 5.25. The third kappa shape index (κ3) is 3.37. The van der Waals surface area contributed by atoms with Crippen LogP contribution in [0.15, 0.2) is 6.07 Å². The van der Waals surface area contributed by atoms with Crippen molar-refractivity contribution in [2.24, 2.45) is 12.8 Å². The summed E-state index contributed by atoms with van der Waals surface area (Å²) < 4.78 is 2.01. The van der Waals surface area contributed by atoms with Gasteiger partial charge < -0.3 is 5.73 Å². The molecule has 0 unspecified atom stereocenters. The lowest BCUT2D eigenvalue weighted by Crippen LogP contribution is -2.52. The minimum atomic E-state index is 0.116. The average Bonchev–Trinajstić information content (AvgIpc) is 2.80. The molecule has 0 fully saturated rings. The molecule has 0 aliphatic carbocycles. The van der Waals surface area contributed by atoms with Gasteiger partial charge in [-0.25, -0.2) is 0 Å². The molecule has 110 valence electrons. The Balaban J connectivity index is 2.94. The number of likely N-dealkylation sites (N-methyl/N-ethyl adjacent to an activating group) is 1. The smallest absolute Gasteiger partial charge is 0.0625 e. The summed E-state index contributed by atoms with van der Waals surface area (Å²) in [6.07, 6.45) is 3.17. The quantitative estimate of drug-likeness (QED) is 0.785.